The fourth-order valence-electron chi connectivity index (χ4n) is 2.88. The lowest BCUT2D eigenvalue weighted by atomic mass is 9.95. The summed E-state index contributed by atoms with van der Waals surface area (Å²) < 4.78 is 5.58. The number of carbonyl (C=O) groups excluding carboxylic acids is 1. The molecule has 2 rings (SSSR count). The largest absolute Gasteiger partial charge is 0.444 e. The van der Waals surface area contributed by atoms with Crippen molar-refractivity contribution in [2.45, 2.75) is 46.6 Å². The Morgan fingerprint density at radius 3 is 2.83 bits per heavy atom. The van der Waals surface area contributed by atoms with Crippen molar-refractivity contribution < 1.29 is 9.21 Å². The third kappa shape index (κ3) is 5.95. The number of aromatic nitrogens is 1. The van der Waals surface area contributed by atoms with Gasteiger partial charge < -0.3 is 20.4 Å². The highest BCUT2D eigenvalue weighted by atomic mass is 127. The minimum atomic E-state index is -0.232. The topological polar surface area (TPSA) is 96.8 Å². The Balaban J connectivity index is 0.00000288. The van der Waals surface area contributed by atoms with Crippen LogP contribution in [0, 0.1) is 19.8 Å². The standard InChI is InChI=1S/C16H27N5O2.HI/c1-4-18-16(19-9-15-20-11(2)12(3)23-15)21-7-5-6-13(10-21)8-14(17)22;/h13H,4-10H2,1-3H3,(H2,17,22)(H,18,19);1H. The average molecular weight is 449 g/mol. The average Bonchev–Trinajstić information content (AvgIpc) is 2.82. The molecule has 7 nitrogen and oxygen atoms in total. The van der Waals surface area contributed by atoms with Gasteiger partial charge in [0.05, 0.1) is 5.69 Å². The number of nitrogens with one attached hydrogen (secondary N) is 1. The van der Waals surface area contributed by atoms with Gasteiger partial charge in [-0.2, -0.15) is 0 Å². The van der Waals surface area contributed by atoms with Gasteiger partial charge in [-0.25, -0.2) is 9.98 Å². The van der Waals surface area contributed by atoms with Crippen LogP contribution in [0.1, 0.15) is 43.5 Å². The lowest BCUT2D eigenvalue weighted by Crippen LogP contribution is -2.47. The Morgan fingerprint density at radius 2 is 2.25 bits per heavy atom. The highest BCUT2D eigenvalue weighted by Gasteiger charge is 2.23. The number of primary amides is 1. The van der Waals surface area contributed by atoms with E-state index in [0.29, 0.717) is 24.8 Å². The van der Waals surface area contributed by atoms with Gasteiger partial charge in [-0.15, -0.1) is 24.0 Å². The number of nitrogens with zero attached hydrogens (tertiary/aromatic N) is 3. The molecular weight excluding hydrogens is 421 g/mol. The molecule has 1 fully saturated rings. The Morgan fingerprint density at radius 1 is 1.50 bits per heavy atom. The van der Waals surface area contributed by atoms with Crippen molar-refractivity contribution in [3.63, 3.8) is 0 Å². The van der Waals surface area contributed by atoms with E-state index in [9.17, 15) is 4.79 Å². The quantitative estimate of drug-likeness (QED) is 0.407. The first-order valence-corrected chi connectivity index (χ1v) is 8.24. The molecule has 0 aromatic carbocycles. The molecule has 8 heteroatoms. The third-order valence-electron chi connectivity index (χ3n) is 4.08. The fraction of sp³-hybridized carbons (Fsp3) is 0.688. The lowest BCUT2D eigenvalue weighted by molar-refractivity contribution is -0.119. The van der Waals surface area contributed by atoms with Crippen LogP contribution in [-0.2, 0) is 11.3 Å². The van der Waals surface area contributed by atoms with E-state index in [4.69, 9.17) is 10.2 Å². The highest BCUT2D eigenvalue weighted by Crippen LogP contribution is 2.19. The summed E-state index contributed by atoms with van der Waals surface area (Å²) in [5, 5.41) is 3.31. The minimum absolute atomic E-state index is 0. The number of piperidine rings is 1. The molecule has 0 spiro atoms. The van der Waals surface area contributed by atoms with Crippen LogP contribution in [0.2, 0.25) is 0 Å². The fourth-order valence-corrected chi connectivity index (χ4v) is 2.88. The van der Waals surface area contributed by atoms with Gasteiger partial charge in [-0.05, 0) is 39.5 Å². The number of rotatable bonds is 5. The number of halogens is 1. The van der Waals surface area contributed by atoms with Crippen LogP contribution in [0.25, 0.3) is 0 Å². The van der Waals surface area contributed by atoms with Gasteiger partial charge in [-0.3, -0.25) is 4.79 Å². The molecule has 1 aromatic heterocycles. The molecule has 0 bridgehead atoms. The summed E-state index contributed by atoms with van der Waals surface area (Å²) in [6, 6.07) is 0. The van der Waals surface area contributed by atoms with E-state index < -0.39 is 0 Å². The van der Waals surface area contributed by atoms with E-state index >= 15 is 0 Å². The number of aryl methyl sites for hydroxylation is 2. The van der Waals surface area contributed by atoms with Crippen LogP contribution in [0.3, 0.4) is 0 Å². The van der Waals surface area contributed by atoms with Crippen LogP contribution in [0.5, 0.6) is 0 Å². The number of carbonyl (C=O) groups is 1. The highest BCUT2D eigenvalue weighted by molar-refractivity contribution is 14.0. The Kier molecular flexibility index (Phi) is 8.51. The molecule has 24 heavy (non-hydrogen) atoms. The molecule has 1 unspecified atom stereocenters. The Bertz CT molecular complexity index is 553. The molecule has 0 radical (unpaired) electrons. The molecule has 1 aliphatic heterocycles. The lowest BCUT2D eigenvalue weighted by Gasteiger charge is -2.34. The molecule has 136 valence electrons. The first-order valence-electron chi connectivity index (χ1n) is 8.24. The number of aliphatic imine (C=N–C) groups is 1. The van der Waals surface area contributed by atoms with Gasteiger partial charge in [0.2, 0.25) is 11.8 Å². The zero-order chi connectivity index (χ0) is 16.8. The number of amides is 1. The molecule has 1 saturated heterocycles. The smallest absolute Gasteiger partial charge is 0.217 e. The van der Waals surface area contributed by atoms with Crippen molar-refractivity contribution in [1.29, 1.82) is 0 Å². The van der Waals surface area contributed by atoms with Gasteiger partial charge in [0.15, 0.2) is 5.96 Å². The maximum atomic E-state index is 11.2. The zero-order valence-electron chi connectivity index (χ0n) is 14.7. The maximum absolute atomic E-state index is 11.2. The number of likely N-dealkylation sites (tertiary alicyclic amines) is 1. The molecule has 0 saturated carbocycles. The monoisotopic (exact) mass is 449 g/mol. The molecule has 1 aromatic rings. The predicted octanol–water partition coefficient (Wildman–Crippen LogP) is 1.96. The van der Waals surface area contributed by atoms with Gasteiger partial charge in [0.25, 0.3) is 0 Å². The zero-order valence-corrected chi connectivity index (χ0v) is 17.0. The molecule has 2 heterocycles. The minimum Gasteiger partial charge on any atom is -0.444 e. The second-order valence-corrected chi connectivity index (χ2v) is 6.04. The summed E-state index contributed by atoms with van der Waals surface area (Å²) >= 11 is 0. The van der Waals surface area contributed by atoms with Gasteiger partial charge >= 0.3 is 0 Å². The summed E-state index contributed by atoms with van der Waals surface area (Å²) in [4.78, 5) is 22.3. The van der Waals surface area contributed by atoms with Crippen molar-refractivity contribution >= 4 is 35.8 Å². The molecule has 1 aliphatic rings. The van der Waals surface area contributed by atoms with Crippen molar-refractivity contribution in [3.8, 4) is 0 Å². The number of guanidine groups is 1. The van der Waals surface area contributed by atoms with E-state index in [-0.39, 0.29) is 29.9 Å². The van der Waals surface area contributed by atoms with Crippen LogP contribution in [-0.4, -0.2) is 41.4 Å². The van der Waals surface area contributed by atoms with E-state index in [1.54, 1.807) is 0 Å². The van der Waals surface area contributed by atoms with Crippen molar-refractivity contribution in [1.82, 2.24) is 15.2 Å². The van der Waals surface area contributed by atoms with E-state index in [1.807, 2.05) is 20.8 Å². The summed E-state index contributed by atoms with van der Waals surface area (Å²) in [5.74, 6) is 2.37. The van der Waals surface area contributed by atoms with Gasteiger partial charge in [0.1, 0.15) is 12.3 Å². The predicted molar refractivity (Wildman–Crippen MR) is 104 cm³/mol. The number of hydrogen-bond donors (Lipinski definition) is 2. The van der Waals surface area contributed by atoms with Gasteiger partial charge in [0, 0.05) is 26.1 Å². The number of hydrogen-bond acceptors (Lipinski definition) is 4. The van der Waals surface area contributed by atoms with Crippen LogP contribution in [0.15, 0.2) is 9.41 Å². The SMILES string of the molecule is CCNC(=NCc1nc(C)c(C)o1)N1CCCC(CC(N)=O)C1.I. The summed E-state index contributed by atoms with van der Waals surface area (Å²) in [6.07, 6.45) is 2.52. The van der Waals surface area contributed by atoms with E-state index in [2.05, 4.69) is 20.2 Å². The van der Waals surface area contributed by atoms with E-state index in [1.165, 1.54) is 0 Å². The summed E-state index contributed by atoms with van der Waals surface area (Å²) in [6.45, 7) is 8.81. The first kappa shape index (κ1) is 20.7. The van der Waals surface area contributed by atoms with Crippen LogP contribution in [0.4, 0.5) is 0 Å². The number of nitrogens with two attached hydrogens (primary N) is 1. The van der Waals surface area contributed by atoms with Crippen LogP contribution < -0.4 is 11.1 Å². The molecule has 1 atom stereocenters. The Labute approximate surface area is 160 Å². The molecular formula is C16H28IN5O2. The van der Waals surface area contributed by atoms with Crippen LogP contribution >= 0.6 is 24.0 Å². The maximum Gasteiger partial charge on any atom is 0.217 e. The summed E-state index contributed by atoms with van der Waals surface area (Å²) in [5.41, 5.74) is 6.23. The molecule has 1 amide bonds. The van der Waals surface area contributed by atoms with Gasteiger partial charge in [-0.1, -0.05) is 0 Å². The second kappa shape index (κ2) is 9.85. The van der Waals surface area contributed by atoms with Crippen molar-refractivity contribution in [2.24, 2.45) is 16.6 Å². The van der Waals surface area contributed by atoms with E-state index in [0.717, 1.165) is 49.9 Å². The van der Waals surface area contributed by atoms with Crippen molar-refractivity contribution in [2.75, 3.05) is 19.6 Å². The molecule has 3 N–H and O–H groups in total. The summed E-state index contributed by atoms with van der Waals surface area (Å²) in [7, 11) is 0. The first-order chi connectivity index (χ1) is 11.0. The Hall–Kier alpha value is -1.32. The number of oxazole rings is 1. The third-order valence-corrected chi connectivity index (χ3v) is 4.08. The second-order valence-electron chi connectivity index (χ2n) is 6.04. The normalized spacial score (nSPS) is 18.2. The molecule has 0 aliphatic carbocycles. The van der Waals surface area contributed by atoms with Crippen molar-refractivity contribution in [3.05, 3.63) is 17.3 Å².